The van der Waals surface area contributed by atoms with Crippen LogP contribution in [-0.2, 0) is 19.2 Å². The molecule has 0 spiro atoms. The van der Waals surface area contributed by atoms with Crippen LogP contribution in [0.4, 0.5) is 0 Å². The molecule has 0 aromatic heterocycles. The second kappa shape index (κ2) is 8.09. The first-order valence-corrected chi connectivity index (χ1v) is 5.31. The average molecular weight is 263 g/mol. The van der Waals surface area contributed by atoms with Gasteiger partial charge in [-0.15, -0.1) is 5.01 Å². The molecule has 0 heterocycles. The molecule has 0 radical (unpaired) electrons. The molecule has 0 fully saturated rings. The van der Waals surface area contributed by atoms with Gasteiger partial charge in [0.25, 0.3) is 6.79 Å². The van der Waals surface area contributed by atoms with Gasteiger partial charge in [0.2, 0.25) is 5.28 Å². The molecule has 0 aliphatic carbocycles. The van der Waals surface area contributed by atoms with Gasteiger partial charge in [0, 0.05) is 0 Å². The Hall–Kier alpha value is -2.06. The number of rotatable bonds is 8. The van der Waals surface area contributed by atoms with Crippen LogP contribution >= 0.6 is 0 Å². The van der Waals surface area contributed by atoms with Crippen molar-refractivity contribution >= 4 is 11.9 Å². The Bertz CT molecular complexity index is 317. The Morgan fingerprint density at radius 3 is 2.56 bits per heavy atom. The lowest BCUT2D eigenvalue weighted by molar-refractivity contribution is -0.709. The summed E-state index contributed by atoms with van der Waals surface area (Å²) in [4.78, 5) is 25.8. The molecule has 0 aliphatic heterocycles. The normalized spacial score (nSPS) is 11.2. The zero-order chi connectivity index (χ0) is 14.1. The summed E-state index contributed by atoms with van der Waals surface area (Å²) in [5.74, 6) is -1.96. The van der Waals surface area contributed by atoms with E-state index in [0.29, 0.717) is 0 Å². The lowest BCUT2D eigenvalue weighted by atomic mass is 10.2. The van der Waals surface area contributed by atoms with E-state index in [4.69, 9.17) is 5.11 Å². The molecule has 0 saturated carbocycles. The quantitative estimate of drug-likeness (QED) is 0.168. The molecule has 0 atom stereocenters. The highest BCUT2D eigenvalue weighted by Crippen LogP contribution is 1.96. The number of hydrogen-bond acceptors (Lipinski definition) is 6. The molecular formula is C9H17N3O6. The molecule has 0 bridgehead atoms. The number of carboxylic acids is 1. The van der Waals surface area contributed by atoms with E-state index in [9.17, 15) is 14.8 Å². The third-order valence-electron chi connectivity index (χ3n) is 1.78. The Morgan fingerprint density at radius 2 is 2.11 bits per heavy atom. The molecule has 0 amide bonds. The van der Waals surface area contributed by atoms with Gasteiger partial charge in [0.15, 0.2) is 6.54 Å². The number of carboxylic acid groups (broad SMARTS) is 1. The van der Waals surface area contributed by atoms with Gasteiger partial charge in [-0.1, -0.05) is 13.8 Å². The van der Waals surface area contributed by atoms with Crippen LogP contribution in [0.1, 0.15) is 20.8 Å². The van der Waals surface area contributed by atoms with Crippen molar-refractivity contribution in [3.63, 3.8) is 0 Å². The van der Waals surface area contributed by atoms with E-state index in [1.54, 1.807) is 20.8 Å². The molecule has 104 valence electrons. The number of carbonyl (C=O) groups excluding carboxylic acids is 1. The maximum absolute atomic E-state index is 11.2. The van der Waals surface area contributed by atoms with Gasteiger partial charge < -0.3 is 19.9 Å². The van der Waals surface area contributed by atoms with Gasteiger partial charge in [-0.25, -0.2) is 0 Å². The van der Waals surface area contributed by atoms with E-state index in [2.05, 4.69) is 14.9 Å². The van der Waals surface area contributed by atoms with E-state index in [0.717, 1.165) is 5.01 Å². The largest absolute Gasteiger partial charge is 0.569 e. The van der Waals surface area contributed by atoms with Gasteiger partial charge in [-0.3, -0.25) is 9.59 Å². The molecule has 0 saturated heterocycles. The van der Waals surface area contributed by atoms with Gasteiger partial charge in [-0.2, -0.15) is 0 Å². The number of nitrogens with zero attached hydrogens (tertiary/aromatic N) is 3. The lowest BCUT2D eigenvalue weighted by Crippen LogP contribution is -2.35. The zero-order valence-corrected chi connectivity index (χ0v) is 10.5. The summed E-state index contributed by atoms with van der Waals surface area (Å²) in [5.41, 5.74) is 0. The Morgan fingerprint density at radius 1 is 1.50 bits per heavy atom. The number of aliphatic carboxylic acids is 1. The fourth-order valence-corrected chi connectivity index (χ4v) is 0.825. The molecule has 0 unspecified atom stereocenters. The fraction of sp³-hybridized carbons (Fsp3) is 0.778. The smallest absolute Gasteiger partial charge is 0.329 e. The minimum absolute atomic E-state index is 0.00265. The van der Waals surface area contributed by atoms with Crippen LogP contribution in [-0.4, -0.2) is 46.9 Å². The monoisotopic (exact) mass is 263 g/mol. The second-order valence-corrected chi connectivity index (χ2v) is 3.57. The van der Waals surface area contributed by atoms with E-state index in [1.165, 1.54) is 0 Å². The summed E-state index contributed by atoms with van der Waals surface area (Å²) in [6.07, 6.45) is 0. The van der Waals surface area contributed by atoms with Crippen molar-refractivity contribution in [2.75, 3.05) is 19.9 Å². The topological polar surface area (TPSA) is 114 Å². The summed E-state index contributed by atoms with van der Waals surface area (Å²) in [6, 6.07) is 0. The van der Waals surface area contributed by atoms with Crippen molar-refractivity contribution < 1.29 is 29.2 Å². The predicted octanol–water partition coefficient (Wildman–Crippen LogP) is 0.359. The molecule has 1 N–H and O–H groups in total. The maximum atomic E-state index is 11.2. The highest BCUT2D eigenvalue weighted by atomic mass is 16.8. The highest BCUT2D eigenvalue weighted by molar-refractivity contribution is 5.71. The average Bonchev–Trinajstić information content (AvgIpc) is 2.30. The third-order valence-corrected chi connectivity index (χ3v) is 1.78. The first kappa shape index (κ1) is 15.9. The zero-order valence-electron chi connectivity index (χ0n) is 10.5. The minimum Gasteiger partial charge on any atom is -0.569 e. The van der Waals surface area contributed by atoms with Gasteiger partial charge in [0.05, 0.1) is 17.4 Å². The van der Waals surface area contributed by atoms with Crippen LogP contribution < -0.4 is 0 Å². The summed E-state index contributed by atoms with van der Waals surface area (Å²) in [7, 11) is 0. The second-order valence-electron chi connectivity index (χ2n) is 3.57. The fourth-order valence-electron chi connectivity index (χ4n) is 0.825. The Balaban J connectivity index is 4.09. The molecule has 0 aliphatic rings. The van der Waals surface area contributed by atoms with Crippen LogP contribution in [0.3, 0.4) is 0 Å². The molecule has 0 aromatic carbocycles. The number of carbonyl (C=O) groups is 2. The SMILES string of the molecule is CCN(CC(=O)O)/[N+]([O-])=N/OCOC(=O)C(C)C. The standard InChI is InChI=1S/C9H17N3O6/c1-4-11(5-8(13)14)12(16)10-18-6-17-9(15)7(2)3/h7H,4-6H2,1-3H3,(H,13,14)/b12-10-. The molecular weight excluding hydrogens is 246 g/mol. The van der Waals surface area contributed by atoms with Gasteiger partial charge >= 0.3 is 11.9 Å². The van der Waals surface area contributed by atoms with E-state index < -0.39 is 25.3 Å². The molecule has 9 nitrogen and oxygen atoms in total. The van der Waals surface area contributed by atoms with E-state index in [-0.39, 0.29) is 17.4 Å². The first-order chi connectivity index (χ1) is 8.38. The number of ether oxygens (including phenoxy) is 1. The molecule has 18 heavy (non-hydrogen) atoms. The Labute approximate surface area is 104 Å². The number of likely N-dealkylation sites (N-methyl/N-ethyl adjacent to an activating group) is 1. The van der Waals surface area contributed by atoms with Crippen molar-refractivity contribution in [3.05, 3.63) is 5.21 Å². The molecule has 9 heteroatoms. The van der Waals surface area contributed by atoms with E-state index in [1.807, 2.05) is 0 Å². The number of hydrogen-bond donors (Lipinski definition) is 1. The predicted molar refractivity (Wildman–Crippen MR) is 57.8 cm³/mol. The van der Waals surface area contributed by atoms with Crippen LogP contribution in [0.5, 0.6) is 0 Å². The van der Waals surface area contributed by atoms with Crippen molar-refractivity contribution in [3.8, 4) is 0 Å². The van der Waals surface area contributed by atoms with Crippen LogP contribution in [0.15, 0.2) is 5.28 Å². The van der Waals surface area contributed by atoms with Crippen molar-refractivity contribution in [1.29, 1.82) is 0 Å². The van der Waals surface area contributed by atoms with Crippen LogP contribution in [0.2, 0.25) is 0 Å². The summed E-state index contributed by atoms with van der Waals surface area (Å²) in [5, 5.41) is 23.7. The molecule has 0 rings (SSSR count). The summed E-state index contributed by atoms with van der Waals surface area (Å²) in [6.45, 7) is 4.02. The van der Waals surface area contributed by atoms with Crippen molar-refractivity contribution in [2.45, 2.75) is 20.8 Å². The summed E-state index contributed by atoms with van der Waals surface area (Å²) >= 11 is 0. The van der Waals surface area contributed by atoms with Crippen molar-refractivity contribution in [2.24, 2.45) is 11.2 Å². The van der Waals surface area contributed by atoms with Gasteiger partial charge in [-0.05, 0) is 6.92 Å². The van der Waals surface area contributed by atoms with Gasteiger partial charge in [0.1, 0.15) is 0 Å². The first-order valence-electron chi connectivity index (χ1n) is 5.31. The minimum atomic E-state index is -1.17. The number of hydrazine groups is 1. The Kier molecular flexibility index (Phi) is 7.17. The lowest BCUT2D eigenvalue weighted by Gasteiger charge is -2.13. The number of esters is 1. The van der Waals surface area contributed by atoms with Crippen molar-refractivity contribution in [1.82, 2.24) is 5.01 Å². The third kappa shape index (κ3) is 6.51. The van der Waals surface area contributed by atoms with Crippen LogP contribution in [0, 0.1) is 11.1 Å². The molecule has 0 aromatic rings. The van der Waals surface area contributed by atoms with Crippen LogP contribution in [0.25, 0.3) is 0 Å². The summed E-state index contributed by atoms with van der Waals surface area (Å²) < 4.78 is 4.59. The maximum Gasteiger partial charge on any atom is 0.329 e. The van der Waals surface area contributed by atoms with E-state index >= 15 is 0 Å². The highest BCUT2D eigenvalue weighted by Gasteiger charge is 2.15.